The third kappa shape index (κ3) is 1.80. The van der Waals surface area contributed by atoms with Crippen LogP contribution in [0.25, 0.3) is 11.4 Å². The number of aromatic nitrogens is 2. The topological polar surface area (TPSA) is 17.8 Å². The highest BCUT2D eigenvalue weighted by atomic mass is 15.1. The fraction of sp³-hybridized carbons (Fsp3) is 0.308. The van der Waals surface area contributed by atoms with Gasteiger partial charge in [-0.1, -0.05) is 44.2 Å². The van der Waals surface area contributed by atoms with Crippen molar-refractivity contribution in [3.63, 3.8) is 0 Å². The fourth-order valence-corrected chi connectivity index (χ4v) is 1.81. The van der Waals surface area contributed by atoms with E-state index in [0.29, 0.717) is 5.92 Å². The third-order valence-corrected chi connectivity index (χ3v) is 2.65. The lowest BCUT2D eigenvalue weighted by atomic mass is 10.1. The molecule has 2 rings (SSSR count). The number of hydrogen-bond acceptors (Lipinski definition) is 1. The van der Waals surface area contributed by atoms with Crippen LogP contribution in [0.15, 0.2) is 36.5 Å². The van der Waals surface area contributed by atoms with Crippen molar-refractivity contribution in [3.8, 4) is 11.4 Å². The van der Waals surface area contributed by atoms with Crippen LogP contribution in [0.1, 0.15) is 25.5 Å². The Morgan fingerprint density at radius 1 is 1.13 bits per heavy atom. The first kappa shape index (κ1) is 9.97. The molecular formula is C13H16N2. The molecule has 1 aromatic heterocycles. The van der Waals surface area contributed by atoms with Gasteiger partial charge in [0.1, 0.15) is 5.82 Å². The minimum absolute atomic E-state index is 0.514. The maximum Gasteiger partial charge on any atom is 0.139 e. The zero-order valence-electron chi connectivity index (χ0n) is 9.44. The lowest BCUT2D eigenvalue weighted by molar-refractivity contribution is 0.745. The first-order chi connectivity index (χ1) is 7.20. The highest BCUT2D eigenvalue weighted by Crippen LogP contribution is 2.22. The van der Waals surface area contributed by atoms with Crippen molar-refractivity contribution in [1.29, 1.82) is 0 Å². The number of hydrogen-bond donors (Lipinski definition) is 0. The van der Waals surface area contributed by atoms with E-state index in [2.05, 4.69) is 42.6 Å². The van der Waals surface area contributed by atoms with Gasteiger partial charge in [-0.15, -0.1) is 0 Å². The van der Waals surface area contributed by atoms with E-state index in [1.807, 2.05) is 24.4 Å². The number of rotatable bonds is 2. The average Bonchev–Trinajstić information content (AvgIpc) is 2.61. The molecule has 0 N–H and O–H groups in total. The zero-order chi connectivity index (χ0) is 10.8. The summed E-state index contributed by atoms with van der Waals surface area (Å²) in [4.78, 5) is 4.47. The van der Waals surface area contributed by atoms with Gasteiger partial charge in [0, 0.05) is 24.5 Å². The van der Waals surface area contributed by atoms with Crippen LogP contribution in [0.2, 0.25) is 0 Å². The monoisotopic (exact) mass is 200 g/mol. The normalized spacial score (nSPS) is 10.9. The van der Waals surface area contributed by atoms with Crippen LogP contribution in [0.4, 0.5) is 0 Å². The van der Waals surface area contributed by atoms with Gasteiger partial charge in [-0.25, -0.2) is 4.98 Å². The molecule has 0 amide bonds. The second kappa shape index (κ2) is 3.89. The standard InChI is InChI=1S/C13H16N2/c1-10(2)12-9-14-13(15(12)3)11-7-5-4-6-8-11/h4-10H,1-3H3. The van der Waals surface area contributed by atoms with Gasteiger partial charge in [0.05, 0.1) is 0 Å². The average molecular weight is 200 g/mol. The van der Waals surface area contributed by atoms with Gasteiger partial charge in [-0.05, 0) is 5.92 Å². The molecule has 0 saturated carbocycles. The molecule has 0 radical (unpaired) electrons. The molecule has 2 heteroatoms. The van der Waals surface area contributed by atoms with Gasteiger partial charge < -0.3 is 4.57 Å². The van der Waals surface area contributed by atoms with E-state index in [0.717, 1.165) is 5.82 Å². The number of nitrogens with zero attached hydrogens (tertiary/aromatic N) is 2. The van der Waals surface area contributed by atoms with Crippen LogP contribution < -0.4 is 0 Å². The Hall–Kier alpha value is -1.57. The molecule has 0 spiro atoms. The molecule has 0 aliphatic carbocycles. The van der Waals surface area contributed by atoms with E-state index in [9.17, 15) is 0 Å². The van der Waals surface area contributed by atoms with Crippen molar-refractivity contribution >= 4 is 0 Å². The van der Waals surface area contributed by atoms with Crippen molar-refractivity contribution < 1.29 is 0 Å². The first-order valence-corrected chi connectivity index (χ1v) is 5.27. The van der Waals surface area contributed by atoms with Crippen LogP contribution in [0.5, 0.6) is 0 Å². The van der Waals surface area contributed by atoms with E-state index in [4.69, 9.17) is 0 Å². The Morgan fingerprint density at radius 2 is 1.80 bits per heavy atom. The summed E-state index contributed by atoms with van der Waals surface area (Å²) >= 11 is 0. The maximum atomic E-state index is 4.47. The van der Waals surface area contributed by atoms with Gasteiger partial charge in [0.25, 0.3) is 0 Å². The summed E-state index contributed by atoms with van der Waals surface area (Å²) in [5.74, 6) is 1.55. The van der Waals surface area contributed by atoms with E-state index >= 15 is 0 Å². The second-order valence-corrected chi connectivity index (χ2v) is 4.09. The van der Waals surface area contributed by atoms with Gasteiger partial charge in [0.2, 0.25) is 0 Å². The Balaban J connectivity index is 2.47. The Kier molecular flexibility index (Phi) is 2.58. The summed E-state index contributed by atoms with van der Waals surface area (Å²) in [5.41, 5.74) is 2.45. The van der Waals surface area contributed by atoms with E-state index < -0.39 is 0 Å². The predicted molar refractivity (Wildman–Crippen MR) is 62.7 cm³/mol. The summed E-state index contributed by atoms with van der Waals surface area (Å²) in [5, 5.41) is 0. The van der Waals surface area contributed by atoms with Gasteiger partial charge in [-0.3, -0.25) is 0 Å². The third-order valence-electron chi connectivity index (χ3n) is 2.65. The summed E-state index contributed by atoms with van der Waals surface area (Å²) in [6.45, 7) is 4.37. The summed E-state index contributed by atoms with van der Waals surface area (Å²) in [6.07, 6.45) is 1.97. The van der Waals surface area contributed by atoms with Gasteiger partial charge >= 0.3 is 0 Å². The molecule has 0 fully saturated rings. The lowest BCUT2D eigenvalue weighted by Gasteiger charge is -2.08. The number of imidazole rings is 1. The summed E-state index contributed by atoms with van der Waals surface area (Å²) in [7, 11) is 2.07. The molecule has 1 heterocycles. The van der Waals surface area contributed by atoms with Crippen LogP contribution in [0, 0.1) is 0 Å². The lowest BCUT2D eigenvalue weighted by Crippen LogP contribution is -1.99. The Morgan fingerprint density at radius 3 is 2.33 bits per heavy atom. The van der Waals surface area contributed by atoms with E-state index in [1.165, 1.54) is 11.3 Å². The molecule has 78 valence electrons. The first-order valence-electron chi connectivity index (χ1n) is 5.27. The van der Waals surface area contributed by atoms with Crippen LogP contribution in [0.3, 0.4) is 0 Å². The smallest absolute Gasteiger partial charge is 0.139 e. The minimum atomic E-state index is 0.514. The van der Waals surface area contributed by atoms with E-state index in [1.54, 1.807) is 0 Å². The quantitative estimate of drug-likeness (QED) is 0.727. The zero-order valence-corrected chi connectivity index (χ0v) is 9.44. The van der Waals surface area contributed by atoms with Crippen molar-refractivity contribution in [2.75, 3.05) is 0 Å². The molecule has 0 atom stereocenters. The highest BCUT2D eigenvalue weighted by molar-refractivity contribution is 5.55. The van der Waals surface area contributed by atoms with Crippen LogP contribution in [-0.2, 0) is 7.05 Å². The van der Waals surface area contributed by atoms with Crippen LogP contribution in [-0.4, -0.2) is 9.55 Å². The maximum absolute atomic E-state index is 4.47. The molecule has 0 aliphatic rings. The summed E-state index contributed by atoms with van der Waals surface area (Å²) < 4.78 is 2.17. The minimum Gasteiger partial charge on any atom is -0.331 e. The molecule has 2 nitrogen and oxygen atoms in total. The van der Waals surface area contributed by atoms with Gasteiger partial charge in [-0.2, -0.15) is 0 Å². The Labute approximate surface area is 90.6 Å². The fourth-order valence-electron chi connectivity index (χ4n) is 1.81. The number of benzene rings is 1. The predicted octanol–water partition coefficient (Wildman–Crippen LogP) is 3.21. The molecule has 0 aliphatic heterocycles. The molecule has 2 aromatic rings. The molecule has 1 aromatic carbocycles. The second-order valence-electron chi connectivity index (χ2n) is 4.09. The SMILES string of the molecule is CC(C)c1cnc(-c2ccccc2)n1C. The molecule has 0 saturated heterocycles. The van der Waals surface area contributed by atoms with Crippen molar-refractivity contribution in [3.05, 3.63) is 42.2 Å². The molecule has 0 bridgehead atoms. The van der Waals surface area contributed by atoms with Crippen molar-refractivity contribution in [2.24, 2.45) is 7.05 Å². The molecule has 15 heavy (non-hydrogen) atoms. The Bertz CT molecular complexity index is 441. The molecule has 0 unspecified atom stereocenters. The van der Waals surface area contributed by atoms with Crippen molar-refractivity contribution in [1.82, 2.24) is 9.55 Å². The highest BCUT2D eigenvalue weighted by Gasteiger charge is 2.10. The van der Waals surface area contributed by atoms with Crippen molar-refractivity contribution in [2.45, 2.75) is 19.8 Å². The van der Waals surface area contributed by atoms with Gasteiger partial charge in [0.15, 0.2) is 0 Å². The largest absolute Gasteiger partial charge is 0.331 e. The molecular weight excluding hydrogens is 184 g/mol. The van der Waals surface area contributed by atoms with E-state index in [-0.39, 0.29) is 0 Å². The summed E-state index contributed by atoms with van der Waals surface area (Å²) in [6, 6.07) is 10.3. The van der Waals surface area contributed by atoms with Crippen LogP contribution >= 0.6 is 0 Å².